The minimum Gasteiger partial charge on any atom is -0.406 e. The summed E-state index contributed by atoms with van der Waals surface area (Å²) in [5, 5.41) is 3.01. The van der Waals surface area contributed by atoms with Gasteiger partial charge in [-0.2, -0.15) is 0 Å². The Hall–Kier alpha value is -0.550. The van der Waals surface area contributed by atoms with Crippen molar-refractivity contribution in [2.45, 2.75) is 23.7 Å². The molecule has 1 atom stereocenters. The van der Waals surface area contributed by atoms with E-state index in [1.54, 1.807) is 0 Å². The molecule has 0 amide bonds. The van der Waals surface area contributed by atoms with Crippen molar-refractivity contribution >= 4 is 38.4 Å². The first-order valence-electron chi connectivity index (χ1n) is 5.96. The lowest BCUT2D eigenvalue weighted by Gasteiger charge is -2.14. The standard InChI is InChI=1S/C11H12BrF3N2O3S.ClH/c12-9-5-8(20-11(13,14)15)1-2-10(9)21(18,19)17-7-3-4-16-6-7;/h1-2,5,7,16-17H,3-4,6H2;1H. The van der Waals surface area contributed by atoms with Crippen LogP contribution in [0.5, 0.6) is 5.75 Å². The number of rotatable bonds is 4. The van der Waals surface area contributed by atoms with Gasteiger partial charge in [-0.3, -0.25) is 0 Å². The Labute approximate surface area is 140 Å². The second-order valence-corrected chi connectivity index (χ2v) is 6.99. The SMILES string of the molecule is Cl.O=S(=O)(NC1CCNC1)c1ccc(OC(F)(F)F)cc1Br. The minimum absolute atomic E-state index is 0. The van der Waals surface area contributed by atoms with Crippen molar-refractivity contribution in [1.29, 1.82) is 0 Å². The molecular weight excluding hydrogens is 413 g/mol. The Bertz CT molecular complexity index is 621. The molecule has 1 unspecified atom stereocenters. The van der Waals surface area contributed by atoms with Gasteiger partial charge in [0, 0.05) is 17.1 Å². The summed E-state index contributed by atoms with van der Waals surface area (Å²) in [5.41, 5.74) is 0. The average molecular weight is 426 g/mol. The van der Waals surface area contributed by atoms with Gasteiger partial charge in [0.1, 0.15) is 5.75 Å². The molecule has 0 radical (unpaired) electrons. The molecule has 1 fully saturated rings. The van der Waals surface area contributed by atoms with E-state index in [4.69, 9.17) is 0 Å². The molecule has 11 heteroatoms. The molecule has 22 heavy (non-hydrogen) atoms. The number of nitrogens with one attached hydrogen (secondary N) is 2. The third-order valence-corrected chi connectivity index (χ3v) is 5.31. The normalized spacial score (nSPS) is 18.8. The molecule has 5 nitrogen and oxygen atoms in total. The number of hydrogen-bond acceptors (Lipinski definition) is 4. The van der Waals surface area contributed by atoms with Crippen molar-refractivity contribution in [2.24, 2.45) is 0 Å². The Morgan fingerprint density at radius 2 is 2.05 bits per heavy atom. The number of ether oxygens (including phenoxy) is 1. The van der Waals surface area contributed by atoms with Crippen LogP contribution in [-0.2, 0) is 10.0 Å². The maximum Gasteiger partial charge on any atom is 0.573 e. The van der Waals surface area contributed by atoms with Gasteiger partial charge in [-0.15, -0.1) is 25.6 Å². The van der Waals surface area contributed by atoms with Crippen LogP contribution in [0.15, 0.2) is 27.6 Å². The van der Waals surface area contributed by atoms with Crippen LogP contribution in [0.25, 0.3) is 0 Å². The van der Waals surface area contributed by atoms with Crippen molar-refractivity contribution in [2.75, 3.05) is 13.1 Å². The highest BCUT2D eigenvalue weighted by atomic mass is 79.9. The van der Waals surface area contributed by atoms with Crippen molar-refractivity contribution in [3.63, 3.8) is 0 Å². The number of alkyl halides is 3. The molecule has 0 bridgehead atoms. The van der Waals surface area contributed by atoms with Crippen LogP contribution in [0.2, 0.25) is 0 Å². The third kappa shape index (κ3) is 5.27. The van der Waals surface area contributed by atoms with Gasteiger partial charge in [0.25, 0.3) is 0 Å². The fourth-order valence-electron chi connectivity index (χ4n) is 1.93. The molecule has 1 aromatic carbocycles. The summed E-state index contributed by atoms with van der Waals surface area (Å²) >= 11 is 2.96. The monoisotopic (exact) mass is 424 g/mol. The van der Waals surface area contributed by atoms with Crippen molar-refractivity contribution in [3.05, 3.63) is 22.7 Å². The quantitative estimate of drug-likeness (QED) is 0.777. The van der Waals surface area contributed by atoms with Gasteiger partial charge >= 0.3 is 6.36 Å². The van der Waals surface area contributed by atoms with Gasteiger partial charge in [-0.25, -0.2) is 13.1 Å². The Morgan fingerprint density at radius 1 is 1.36 bits per heavy atom. The number of sulfonamides is 1. The summed E-state index contributed by atoms with van der Waals surface area (Å²) in [5.74, 6) is -0.490. The smallest absolute Gasteiger partial charge is 0.406 e. The summed E-state index contributed by atoms with van der Waals surface area (Å²) in [6.07, 6.45) is -4.17. The Balaban J connectivity index is 0.00000242. The van der Waals surface area contributed by atoms with Crippen LogP contribution in [0.1, 0.15) is 6.42 Å². The zero-order chi connectivity index (χ0) is 15.7. The predicted molar refractivity (Wildman–Crippen MR) is 79.7 cm³/mol. The fourth-order valence-corrected chi connectivity index (χ4v) is 4.26. The molecule has 0 aliphatic carbocycles. The van der Waals surface area contributed by atoms with Crippen molar-refractivity contribution in [1.82, 2.24) is 10.0 Å². The average Bonchev–Trinajstić information content (AvgIpc) is 2.78. The number of benzene rings is 1. The molecular formula is C11H13BrClF3N2O3S. The summed E-state index contributed by atoms with van der Waals surface area (Å²) < 4.78 is 66.9. The van der Waals surface area contributed by atoms with Gasteiger partial charge in [0.15, 0.2) is 0 Å². The lowest BCUT2D eigenvalue weighted by molar-refractivity contribution is -0.274. The van der Waals surface area contributed by atoms with Crippen LogP contribution in [0.4, 0.5) is 13.2 Å². The molecule has 126 valence electrons. The van der Waals surface area contributed by atoms with Crippen LogP contribution in [-0.4, -0.2) is 33.9 Å². The largest absolute Gasteiger partial charge is 0.573 e. The third-order valence-electron chi connectivity index (χ3n) is 2.81. The summed E-state index contributed by atoms with van der Waals surface area (Å²) in [7, 11) is -3.81. The van der Waals surface area contributed by atoms with E-state index in [1.165, 1.54) is 0 Å². The lowest BCUT2D eigenvalue weighted by atomic mass is 10.3. The van der Waals surface area contributed by atoms with Crippen LogP contribution in [0.3, 0.4) is 0 Å². The Kier molecular flexibility index (Phi) is 6.51. The fraction of sp³-hybridized carbons (Fsp3) is 0.455. The van der Waals surface area contributed by atoms with E-state index in [0.29, 0.717) is 19.5 Å². The minimum atomic E-state index is -4.83. The zero-order valence-corrected chi connectivity index (χ0v) is 14.2. The number of halogens is 5. The highest BCUT2D eigenvalue weighted by Crippen LogP contribution is 2.30. The zero-order valence-electron chi connectivity index (χ0n) is 11.0. The molecule has 1 aromatic rings. The van der Waals surface area contributed by atoms with Gasteiger partial charge in [-0.05, 0) is 47.1 Å². The predicted octanol–water partition coefficient (Wildman–Crippen LogP) is 2.41. The first-order valence-corrected chi connectivity index (χ1v) is 8.23. The maximum absolute atomic E-state index is 12.2. The van der Waals surface area contributed by atoms with Gasteiger partial charge in [0.2, 0.25) is 10.0 Å². The molecule has 2 rings (SSSR count). The second kappa shape index (κ2) is 7.35. The highest BCUT2D eigenvalue weighted by molar-refractivity contribution is 9.10. The number of hydrogen-bond donors (Lipinski definition) is 2. The topological polar surface area (TPSA) is 67.4 Å². The molecule has 0 spiro atoms. The lowest BCUT2D eigenvalue weighted by Crippen LogP contribution is -2.36. The molecule has 0 saturated carbocycles. The van der Waals surface area contributed by atoms with E-state index < -0.39 is 22.1 Å². The molecule has 2 N–H and O–H groups in total. The molecule has 1 saturated heterocycles. The van der Waals surface area contributed by atoms with Gasteiger partial charge < -0.3 is 10.1 Å². The first-order chi connectivity index (χ1) is 9.67. The maximum atomic E-state index is 12.2. The molecule has 1 aliphatic heterocycles. The molecule has 1 aliphatic rings. The first kappa shape index (κ1) is 19.5. The van der Waals surface area contributed by atoms with E-state index in [1.807, 2.05) is 0 Å². The van der Waals surface area contributed by atoms with E-state index in [-0.39, 0.29) is 27.8 Å². The second-order valence-electron chi connectivity index (χ2n) is 4.45. The summed E-state index contributed by atoms with van der Waals surface area (Å²) in [6.45, 7) is 1.23. The van der Waals surface area contributed by atoms with Gasteiger partial charge in [0.05, 0.1) is 4.90 Å². The summed E-state index contributed by atoms with van der Waals surface area (Å²) in [6, 6.07) is 2.76. The molecule has 1 heterocycles. The van der Waals surface area contributed by atoms with Crippen molar-refractivity contribution < 1.29 is 26.3 Å². The van der Waals surface area contributed by atoms with Crippen LogP contribution < -0.4 is 14.8 Å². The van der Waals surface area contributed by atoms with E-state index in [9.17, 15) is 21.6 Å². The van der Waals surface area contributed by atoms with Crippen LogP contribution in [0, 0.1) is 0 Å². The van der Waals surface area contributed by atoms with Crippen LogP contribution >= 0.6 is 28.3 Å². The van der Waals surface area contributed by atoms with Gasteiger partial charge in [-0.1, -0.05) is 0 Å². The Morgan fingerprint density at radius 3 is 2.55 bits per heavy atom. The van der Waals surface area contributed by atoms with E-state index in [0.717, 1.165) is 18.2 Å². The van der Waals surface area contributed by atoms with Crippen molar-refractivity contribution in [3.8, 4) is 5.75 Å². The van der Waals surface area contributed by atoms with E-state index >= 15 is 0 Å². The summed E-state index contributed by atoms with van der Waals surface area (Å²) in [4.78, 5) is -0.135. The highest BCUT2D eigenvalue weighted by Gasteiger charge is 2.32. The van der Waals surface area contributed by atoms with E-state index in [2.05, 4.69) is 30.7 Å². The molecule has 0 aromatic heterocycles.